The molecule has 3 nitrogen and oxygen atoms in total. The third kappa shape index (κ3) is 2.30. The van der Waals surface area contributed by atoms with Gasteiger partial charge in [0.05, 0.1) is 5.52 Å². The van der Waals surface area contributed by atoms with Crippen LogP contribution in [0, 0.1) is 0 Å². The Labute approximate surface area is 117 Å². The van der Waals surface area contributed by atoms with E-state index in [2.05, 4.69) is 0 Å². The van der Waals surface area contributed by atoms with Crippen molar-refractivity contribution >= 4 is 17.0 Å². The molecule has 20 heavy (non-hydrogen) atoms. The molecule has 3 aromatic rings. The second-order valence-corrected chi connectivity index (χ2v) is 4.68. The van der Waals surface area contributed by atoms with Gasteiger partial charge in [-0.3, -0.25) is 4.57 Å². The number of benzene rings is 2. The van der Waals surface area contributed by atoms with Gasteiger partial charge in [0, 0.05) is 11.6 Å². The topological polar surface area (TPSA) is 31.2 Å². The highest BCUT2D eigenvalue weighted by Crippen LogP contribution is 2.20. The molecule has 2 aromatic carbocycles. The molecular weight excluding hydrogens is 250 g/mol. The average Bonchev–Trinajstić information content (AvgIpc) is 2.92. The summed E-state index contributed by atoms with van der Waals surface area (Å²) in [5.41, 5.74) is 1.84. The molecule has 1 heterocycles. The van der Waals surface area contributed by atoms with Gasteiger partial charge in [-0.05, 0) is 24.6 Å². The predicted octanol–water partition coefficient (Wildman–Crippen LogP) is 4.39. The van der Waals surface area contributed by atoms with Crippen molar-refractivity contribution in [2.24, 2.45) is 0 Å². The minimum absolute atomic E-state index is 0.273. The van der Waals surface area contributed by atoms with Gasteiger partial charge >= 0.3 is 6.09 Å². The summed E-state index contributed by atoms with van der Waals surface area (Å²) in [6, 6.07) is 19.4. The molecule has 0 amide bonds. The summed E-state index contributed by atoms with van der Waals surface area (Å²) in [6.45, 7) is 1.87. The molecule has 1 aromatic heterocycles. The Balaban J connectivity index is 1.83. The monoisotopic (exact) mass is 265 g/mol. The molecule has 3 rings (SSSR count). The van der Waals surface area contributed by atoms with Gasteiger partial charge < -0.3 is 4.74 Å². The third-order valence-electron chi connectivity index (χ3n) is 3.34. The molecule has 0 N–H and O–H groups in total. The van der Waals surface area contributed by atoms with E-state index in [1.54, 1.807) is 6.20 Å². The molecule has 1 unspecified atom stereocenters. The maximum Gasteiger partial charge on any atom is 0.419 e. The van der Waals surface area contributed by atoms with Crippen molar-refractivity contribution in [3.05, 3.63) is 72.4 Å². The Morgan fingerprint density at radius 2 is 1.70 bits per heavy atom. The van der Waals surface area contributed by atoms with E-state index in [1.807, 2.05) is 67.6 Å². The van der Waals surface area contributed by atoms with E-state index < -0.39 is 0 Å². The van der Waals surface area contributed by atoms with Gasteiger partial charge in [0.1, 0.15) is 6.10 Å². The quantitative estimate of drug-likeness (QED) is 0.688. The lowest BCUT2D eigenvalue weighted by atomic mass is 10.1. The van der Waals surface area contributed by atoms with E-state index in [4.69, 9.17) is 4.74 Å². The van der Waals surface area contributed by atoms with Crippen LogP contribution in [-0.4, -0.2) is 10.7 Å². The van der Waals surface area contributed by atoms with Crippen LogP contribution in [0.15, 0.2) is 66.9 Å². The lowest BCUT2D eigenvalue weighted by Gasteiger charge is -2.14. The molecule has 0 aliphatic carbocycles. The molecule has 0 aliphatic rings. The molecule has 0 saturated heterocycles. The van der Waals surface area contributed by atoms with Crippen molar-refractivity contribution in [2.45, 2.75) is 13.0 Å². The Morgan fingerprint density at radius 3 is 2.50 bits per heavy atom. The second kappa shape index (κ2) is 5.21. The van der Waals surface area contributed by atoms with Crippen LogP contribution in [0.5, 0.6) is 0 Å². The van der Waals surface area contributed by atoms with Crippen molar-refractivity contribution in [1.82, 2.24) is 4.57 Å². The Bertz CT molecular complexity index is 731. The maximum absolute atomic E-state index is 12.2. The van der Waals surface area contributed by atoms with E-state index in [0.29, 0.717) is 0 Å². The summed E-state index contributed by atoms with van der Waals surface area (Å²) in [7, 11) is 0. The molecular formula is C17H15NO2. The maximum atomic E-state index is 12.2. The SMILES string of the molecule is CC(OC(=O)n1ccc2ccccc21)c1ccccc1. The van der Waals surface area contributed by atoms with Crippen LogP contribution in [0.2, 0.25) is 0 Å². The van der Waals surface area contributed by atoms with Gasteiger partial charge in [-0.1, -0.05) is 48.5 Å². The largest absolute Gasteiger partial charge is 0.441 e. The lowest BCUT2D eigenvalue weighted by molar-refractivity contribution is 0.109. The number of hydrogen-bond donors (Lipinski definition) is 0. The van der Waals surface area contributed by atoms with E-state index in [-0.39, 0.29) is 12.2 Å². The first-order valence-corrected chi connectivity index (χ1v) is 6.58. The van der Waals surface area contributed by atoms with Crippen molar-refractivity contribution < 1.29 is 9.53 Å². The Hall–Kier alpha value is -2.55. The van der Waals surface area contributed by atoms with E-state index >= 15 is 0 Å². The van der Waals surface area contributed by atoms with Crippen LogP contribution in [0.25, 0.3) is 10.9 Å². The van der Waals surface area contributed by atoms with Crippen LogP contribution in [0.4, 0.5) is 4.79 Å². The highest BCUT2D eigenvalue weighted by atomic mass is 16.6. The van der Waals surface area contributed by atoms with Crippen molar-refractivity contribution in [2.75, 3.05) is 0 Å². The lowest BCUT2D eigenvalue weighted by Crippen LogP contribution is -2.15. The summed E-state index contributed by atoms with van der Waals surface area (Å²) in [4.78, 5) is 12.2. The standard InChI is InChI=1S/C17H15NO2/c1-13(14-7-3-2-4-8-14)20-17(19)18-12-11-15-9-5-6-10-16(15)18/h2-13H,1H3. The number of nitrogens with zero attached hydrogens (tertiary/aromatic N) is 1. The number of para-hydroxylation sites is 1. The zero-order valence-corrected chi connectivity index (χ0v) is 11.2. The highest BCUT2D eigenvalue weighted by molar-refractivity contribution is 5.89. The molecule has 100 valence electrons. The number of rotatable bonds is 2. The molecule has 0 fully saturated rings. The number of aromatic nitrogens is 1. The fraction of sp³-hybridized carbons (Fsp3) is 0.118. The zero-order valence-electron chi connectivity index (χ0n) is 11.2. The molecule has 0 spiro atoms. The first-order chi connectivity index (χ1) is 9.75. The number of fused-ring (bicyclic) bond motifs is 1. The van der Waals surface area contributed by atoms with Gasteiger partial charge in [-0.2, -0.15) is 0 Å². The van der Waals surface area contributed by atoms with E-state index in [9.17, 15) is 4.79 Å². The minimum atomic E-state index is -0.359. The Morgan fingerprint density at radius 1 is 1.00 bits per heavy atom. The van der Waals surface area contributed by atoms with Gasteiger partial charge in [0.2, 0.25) is 0 Å². The van der Waals surface area contributed by atoms with Crippen molar-refractivity contribution in [1.29, 1.82) is 0 Å². The summed E-state index contributed by atoms with van der Waals surface area (Å²) in [5, 5.41) is 1.02. The fourth-order valence-electron chi connectivity index (χ4n) is 2.24. The normalized spacial score (nSPS) is 12.2. The van der Waals surface area contributed by atoms with Crippen molar-refractivity contribution in [3.8, 4) is 0 Å². The average molecular weight is 265 g/mol. The number of carbonyl (C=O) groups excluding carboxylic acids is 1. The first-order valence-electron chi connectivity index (χ1n) is 6.58. The minimum Gasteiger partial charge on any atom is -0.441 e. The predicted molar refractivity (Wildman–Crippen MR) is 78.7 cm³/mol. The van der Waals surface area contributed by atoms with Gasteiger partial charge in [0.15, 0.2) is 0 Å². The fourth-order valence-corrected chi connectivity index (χ4v) is 2.24. The smallest absolute Gasteiger partial charge is 0.419 e. The zero-order chi connectivity index (χ0) is 13.9. The van der Waals surface area contributed by atoms with Crippen LogP contribution in [0.3, 0.4) is 0 Å². The van der Waals surface area contributed by atoms with Crippen LogP contribution >= 0.6 is 0 Å². The third-order valence-corrected chi connectivity index (χ3v) is 3.34. The van der Waals surface area contributed by atoms with Gasteiger partial charge in [0.25, 0.3) is 0 Å². The van der Waals surface area contributed by atoms with E-state index in [0.717, 1.165) is 16.5 Å². The van der Waals surface area contributed by atoms with Crippen LogP contribution < -0.4 is 0 Å². The van der Waals surface area contributed by atoms with Crippen LogP contribution in [0.1, 0.15) is 18.6 Å². The van der Waals surface area contributed by atoms with Gasteiger partial charge in [-0.15, -0.1) is 0 Å². The van der Waals surface area contributed by atoms with Gasteiger partial charge in [-0.25, -0.2) is 4.79 Å². The summed E-state index contributed by atoms with van der Waals surface area (Å²) < 4.78 is 7.05. The number of ether oxygens (including phenoxy) is 1. The first kappa shape index (κ1) is 12.5. The molecule has 0 aliphatic heterocycles. The Kier molecular flexibility index (Phi) is 3.25. The summed E-state index contributed by atoms with van der Waals surface area (Å²) in [5.74, 6) is 0. The summed E-state index contributed by atoms with van der Waals surface area (Å²) >= 11 is 0. The number of hydrogen-bond acceptors (Lipinski definition) is 2. The number of carbonyl (C=O) groups is 1. The molecule has 0 bridgehead atoms. The molecule has 3 heteroatoms. The van der Waals surface area contributed by atoms with Crippen molar-refractivity contribution in [3.63, 3.8) is 0 Å². The molecule has 0 radical (unpaired) electrons. The van der Waals surface area contributed by atoms with Crippen LogP contribution in [-0.2, 0) is 4.74 Å². The summed E-state index contributed by atoms with van der Waals surface area (Å²) in [6.07, 6.45) is 1.11. The second-order valence-electron chi connectivity index (χ2n) is 4.68. The highest BCUT2D eigenvalue weighted by Gasteiger charge is 2.14. The molecule has 1 atom stereocenters. The van der Waals surface area contributed by atoms with E-state index in [1.165, 1.54) is 4.57 Å². The molecule has 0 saturated carbocycles.